The molecular weight excluding hydrogens is 270 g/mol. The fourth-order valence-corrected chi connectivity index (χ4v) is 2.51. The number of benzene rings is 1. The van der Waals surface area contributed by atoms with E-state index in [2.05, 4.69) is 23.0 Å². The van der Waals surface area contributed by atoms with Crippen molar-refractivity contribution in [2.45, 2.75) is 13.3 Å². The summed E-state index contributed by atoms with van der Waals surface area (Å²) in [6, 6.07) is 9.90. The summed E-state index contributed by atoms with van der Waals surface area (Å²) in [5.41, 5.74) is 8.90. The predicted octanol–water partition coefficient (Wildman–Crippen LogP) is 4.09. The van der Waals surface area contributed by atoms with Crippen molar-refractivity contribution in [3.8, 4) is 11.3 Å². The topological polar surface area (TPSA) is 51.8 Å². The van der Waals surface area contributed by atoms with Gasteiger partial charge in [0.25, 0.3) is 0 Å². The molecule has 0 aliphatic rings. The van der Waals surface area contributed by atoms with Crippen molar-refractivity contribution < 1.29 is 0 Å². The molecule has 100 valence electrons. The van der Waals surface area contributed by atoms with Crippen molar-refractivity contribution in [2.24, 2.45) is 0 Å². The average molecular weight is 284 g/mol. The quantitative estimate of drug-likeness (QED) is 0.770. The molecule has 0 unspecified atom stereocenters. The van der Waals surface area contributed by atoms with Crippen LogP contribution in [0.25, 0.3) is 22.0 Å². The maximum atomic E-state index is 6.33. The number of hydrogen-bond donors (Lipinski definition) is 1. The molecular formula is C16H14ClN3. The molecule has 20 heavy (non-hydrogen) atoms. The molecule has 2 aromatic heterocycles. The highest BCUT2D eigenvalue weighted by atomic mass is 35.5. The van der Waals surface area contributed by atoms with Crippen molar-refractivity contribution in [1.29, 1.82) is 0 Å². The van der Waals surface area contributed by atoms with E-state index in [1.165, 1.54) is 5.56 Å². The van der Waals surface area contributed by atoms with Gasteiger partial charge in [-0.3, -0.25) is 4.98 Å². The molecule has 4 heteroatoms. The van der Waals surface area contributed by atoms with E-state index < -0.39 is 0 Å². The van der Waals surface area contributed by atoms with Gasteiger partial charge in [-0.2, -0.15) is 0 Å². The molecule has 2 N–H and O–H groups in total. The average Bonchev–Trinajstić information content (AvgIpc) is 2.46. The lowest BCUT2D eigenvalue weighted by Gasteiger charge is -2.07. The van der Waals surface area contributed by atoms with Gasteiger partial charge in [0.05, 0.1) is 10.7 Å². The first-order valence-electron chi connectivity index (χ1n) is 6.47. The van der Waals surface area contributed by atoms with Gasteiger partial charge in [-0.1, -0.05) is 18.5 Å². The largest absolute Gasteiger partial charge is 0.384 e. The second-order valence-electron chi connectivity index (χ2n) is 4.69. The van der Waals surface area contributed by atoms with Crippen LogP contribution >= 0.6 is 11.6 Å². The number of aromatic nitrogens is 2. The molecule has 2 heterocycles. The van der Waals surface area contributed by atoms with Crippen LogP contribution in [0, 0.1) is 0 Å². The molecule has 0 spiro atoms. The highest BCUT2D eigenvalue weighted by Gasteiger charge is 2.07. The highest BCUT2D eigenvalue weighted by molar-refractivity contribution is 6.35. The van der Waals surface area contributed by atoms with Crippen LogP contribution in [0.15, 0.2) is 42.7 Å². The lowest BCUT2D eigenvalue weighted by atomic mass is 10.0. The van der Waals surface area contributed by atoms with E-state index in [1.807, 2.05) is 30.5 Å². The second-order valence-corrected chi connectivity index (χ2v) is 5.10. The number of anilines is 1. The third-order valence-corrected chi connectivity index (χ3v) is 3.65. The monoisotopic (exact) mass is 283 g/mol. The van der Waals surface area contributed by atoms with Crippen LogP contribution in [0.3, 0.4) is 0 Å². The summed E-state index contributed by atoms with van der Waals surface area (Å²) in [5, 5.41) is 2.54. The van der Waals surface area contributed by atoms with Crippen LogP contribution in [-0.2, 0) is 6.42 Å². The zero-order chi connectivity index (χ0) is 14.1. The number of pyridine rings is 2. The van der Waals surface area contributed by atoms with Crippen molar-refractivity contribution in [1.82, 2.24) is 9.97 Å². The van der Waals surface area contributed by atoms with E-state index in [9.17, 15) is 0 Å². The molecule has 0 saturated heterocycles. The van der Waals surface area contributed by atoms with Gasteiger partial charge in [-0.15, -0.1) is 0 Å². The standard InChI is InChI=1S/C16H14ClN3/c1-2-10-3-4-19-15(5-10)12-6-11-8-16(18)20-9-13(11)14(17)7-12/h3-9H,2H2,1H3,(H2,18,20). The maximum absolute atomic E-state index is 6.33. The Morgan fingerprint density at radius 2 is 2.00 bits per heavy atom. The predicted molar refractivity (Wildman–Crippen MR) is 83.8 cm³/mol. The Kier molecular flexibility index (Phi) is 3.28. The van der Waals surface area contributed by atoms with Gasteiger partial charge in [-0.05, 0) is 47.7 Å². The van der Waals surface area contributed by atoms with Crippen molar-refractivity contribution >= 4 is 28.2 Å². The normalized spacial score (nSPS) is 10.9. The van der Waals surface area contributed by atoms with Gasteiger partial charge < -0.3 is 5.73 Å². The van der Waals surface area contributed by atoms with Gasteiger partial charge in [0.2, 0.25) is 0 Å². The number of fused-ring (bicyclic) bond motifs is 1. The van der Waals surface area contributed by atoms with E-state index in [1.54, 1.807) is 6.20 Å². The summed E-state index contributed by atoms with van der Waals surface area (Å²) in [6.45, 7) is 2.12. The molecule has 0 aliphatic carbocycles. The van der Waals surface area contributed by atoms with Crippen LogP contribution < -0.4 is 5.73 Å². The molecule has 0 aliphatic heterocycles. The van der Waals surface area contributed by atoms with Crippen LogP contribution in [0.2, 0.25) is 5.02 Å². The lowest BCUT2D eigenvalue weighted by Crippen LogP contribution is -1.91. The van der Waals surface area contributed by atoms with E-state index in [-0.39, 0.29) is 0 Å². The summed E-state index contributed by atoms with van der Waals surface area (Å²) in [6.07, 6.45) is 4.51. The molecule has 0 atom stereocenters. The Bertz CT molecular complexity index is 784. The Morgan fingerprint density at radius 3 is 2.80 bits per heavy atom. The third kappa shape index (κ3) is 2.32. The molecule has 3 nitrogen and oxygen atoms in total. The smallest absolute Gasteiger partial charge is 0.123 e. The second kappa shape index (κ2) is 5.10. The van der Waals surface area contributed by atoms with Crippen LogP contribution in [0.4, 0.5) is 5.82 Å². The number of nitrogen functional groups attached to an aromatic ring is 1. The fourth-order valence-electron chi connectivity index (χ4n) is 2.23. The van der Waals surface area contributed by atoms with Gasteiger partial charge in [0.15, 0.2) is 0 Å². The van der Waals surface area contributed by atoms with E-state index in [0.29, 0.717) is 10.8 Å². The van der Waals surface area contributed by atoms with Gasteiger partial charge >= 0.3 is 0 Å². The molecule has 0 amide bonds. The summed E-state index contributed by atoms with van der Waals surface area (Å²) in [4.78, 5) is 8.50. The number of rotatable bonds is 2. The summed E-state index contributed by atoms with van der Waals surface area (Å²) >= 11 is 6.33. The first-order chi connectivity index (χ1) is 9.67. The number of hydrogen-bond acceptors (Lipinski definition) is 3. The van der Waals surface area contributed by atoms with Gasteiger partial charge in [0.1, 0.15) is 5.82 Å². The number of halogens is 1. The fraction of sp³-hybridized carbons (Fsp3) is 0.125. The Morgan fingerprint density at radius 1 is 1.15 bits per heavy atom. The maximum Gasteiger partial charge on any atom is 0.123 e. The van der Waals surface area contributed by atoms with Crippen LogP contribution in [-0.4, -0.2) is 9.97 Å². The van der Waals surface area contributed by atoms with Crippen LogP contribution in [0.5, 0.6) is 0 Å². The minimum Gasteiger partial charge on any atom is -0.384 e. The SMILES string of the molecule is CCc1ccnc(-c2cc(Cl)c3cnc(N)cc3c2)c1. The van der Waals surface area contributed by atoms with Crippen molar-refractivity contribution in [2.75, 3.05) is 5.73 Å². The van der Waals surface area contributed by atoms with E-state index >= 15 is 0 Å². The third-order valence-electron chi connectivity index (χ3n) is 3.34. The van der Waals surface area contributed by atoms with Crippen molar-refractivity contribution in [3.63, 3.8) is 0 Å². The number of nitrogens with two attached hydrogens (primary N) is 1. The van der Waals surface area contributed by atoms with Crippen LogP contribution in [0.1, 0.15) is 12.5 Å². The molecule has 1 aromatic carbocycles. The minimum atomic E-state index is 0.487. The summed E-state index contributed by atoms with van der Waals surface area (Å²) in [5.74, 6) is 0.487. The Hall–Kier alpha value is -2.13. The molecule has 0 bridgehead atoms. The van der Waals surface area contributed by atoms with Crippen molar-refractivity contribution in [3.05, 3.63) is 53.3 Å². The lowest BCUT2D eigenvalue weighted by molar-refractivity contribution is 1.12. The zero-order valence-corrected chi connectivity index (χ0v) is 11.9. The molecule has 3 rings (SSSR count). The minimum absolute atomic E-state index is 0.487. The Labute approximate surface area is 122 Å². The van der Waals surface area contributed by atoms with E-state index in [0.717, 1.165) is 28.5 Å². The van der Waals surface area contributed by atoms with Gasteiger partial charge in [-0.25, -0.2) is 4.98 Å². The number of nitrogens with zero attached hydrogens (tertiary/aromatic N) is 2. The molecule has 0 fully saturated rings. The molecule has 0 saturated carbocycles. The zero-order valence-electron chi connectivity index (χ0n) is 11.1. The molecule has 0 radical (unpaired) electrons. The molecule has 3 aromatic rings. The van der Waals surface area contributed by atoms with Gasteiger partial charge in [0, 0.05) is 23.3 Å². The highest BCUT2D eigenvalue weighted by Crippen LogP contribution is 2.30. The first kappa shape index (κ1) is 12.9. The Balaban J connectivity index is 2.20. The number of aryl methyl sites for hydroxylation is 1. The summed E-state index contributed by atoms with van der Waals surface area (Å²) < 4.78 is 0. The summed E-state index contributed by atoms with van der Waals surface area (Å²) in [7, 11) is 0. The van der Waals surface area contributed by atoms with E-state index in [4.69, 9.17) is 17.3 Å². The first-order valence-corrected chi connectivity index (χ1v) is 6.85.